The molecule has 11 rings (SSSR count). The Labute approximate surface area is 333 Å². The fourth-order valence-corrected chi connectivity index (χ4v) is 9.78. The summed E-state index contributed by atoms with van der Waals surface area (Å²) in [4.78, 5) is 10.6. The summed E-state index contributed by atoms with van der Waals surface area (Å²) in [5.41, 5.74) is 16.0. The Hall–Kier alpha value is -6.84. The molecule has 1 aliphatic heterocycles. The summed E-state index contributed by atoms with van der Waals surface area (Å²) < 4.78 is 7.23. The molecule has 5 aromatic carbocycles. The summed E-state index contributed by atoms with van der Waals surface area (Å²) in [5, 5.41) is 3.33. The zero-order valence-electron chi connectivity index (χ0n) is 32.1. The molecule has 0 fully saturated rings. The molecule has 1 spiro atoms. The minimum atomic E-state index is -0.614. The van der Waals surface area contributed by atoms with Crippen LogP contribution in [-0.4, -0.2) is 9.97 Å². The van der Waals surface area contributed by atoms with E-state index in [2.05, 4.69) is 184 Å². The van der Waals surface area contributed by atoms with Gasteiger partial charge >= 0.3 is 0 Å². The zero-order chi connectivity index (χ0) is 38.1. The van der Waals surface area contributed by atoms with Crippen LogP contribution >= 0.6 is 0 Å². The summed E-state index contributed by atoms with van der Waals surface area (Å²) in [6, 6.07) is 39.3. The van der Waals surface area contributed by atoms with Gasteiger partial charge in [0.2, 0.25) is 0 Å². The largest absolute Gasteiger partial charge is 0.456 e. The molecule has 3 nitrogen and oxygen atoms in total. The Kier molecular flexibility index (Phi) is 7.72. The third-order valence-electron chi connectivity index (χ3n) is 12.5. The van der Waals surface area contributed by atoms with Gasteiger partial charge in [-0.15, -0.1) is 0 Å². The van der Waals surface area contributed by atoms with Gasteiger partial charge in [-0.3, -0.25) is 0 Å². The lowest BCUT2D eigenvalue weighted by Gasteiger charge is -2.42. The van der Waals surface area contributed by atoms with Crippen molar-refractivity contribution >= 4 is 38.4 Å². The number of nitrogens with zero attached hydrogens (tertiary/aromatic N) is 2. The average Bonchev–Trinajstić information content (AvgIpc) is 3.47. The fourth-order valence-electron chi connectivity index (χ4n) is 9.78. The SMILES string of the molecule is C/C=C\C1=C(C)C2(C3=CC=C4C=CC=CC(=C3Oc3c2ccc2ccccc32)C4)c2cc(-c3nc(C4=CC=C(c5ccccc5)CC4)nc4ccccc34)ccc21. The van der Waals surface area contributed by atoms with Gasteiger partial charge < -0.3 is 4.74 Å². The third kappa shape index (κ3) is 5.12. The molecule has 57 heavy (non-hydrogen) atoms. The first-order valence-corrected chi connectivity index (χ1v) is 20.0. The van der Waals surface area contributed by atoms with Crippen LogP contribution < -0.4 is 4.74 Å². The van der Waals surface area contributed by atoms with Gasteiger partial charge in [0.15, 0.2) is 5.82 Å². The zero-order valence-corrected chi connectivity index (χ0v) is 32.1. The molecule has 1 aromatic heterocycles. The first-order valence-electron chi connectivity index (χ1n) is 20.0. The van der Waals surface area contributed by atoms with E-state index in [1.54, 1.807) is 0 Å². The highest BCUT2D eigenvalue weighted by molar-refractivity contribution is 5.99. The molecule has 272 valence electrons. The predicted molar refractivity (Wildman–Crippen MR) is 235 cm³/mol. The van der Waals surface area contributed by atoms with Crippen molar-refractivity contribution < 1.29 is 4.74 Å². The minimum Gasteiger partial charge on any atom is -0.456 e. The predicted octanol–water partition coefficient (Wildman–Crippen LogP) is 13.4. The smallest absolute Gasteiger partial charge is 0.156 e. The highest BCUT2D eigenvalue weighted by Crippen LogP contribution is 2.63. The lowest BCUT2D eigenvalue weighted by molar-refractivity contribution is 0.388. The van der Waals surface area contributed by atoms with Crippen LogP contribution in [0.4, 0.5) is 0 Å². The van der Waals surface area contributed by atoms with E-state index in [0.29, 0.717) is 0 Å². The summed E-state index contributed by atoms with van der Waals surface area (Å²) in [6.07, 6.45) is 25.0. The standard InChI is InChI=1S/C54H40N2O/c1-3-13-42-34(2)54(46-30-22-35-14-7-8-18-41(32-35)51(46)57-52-43-19-10-9-17-38(43)28-31-47(52)54)48-33-40(27-29-44(42)48)50-45-20-11-12-21-49(45)55-53(56-50)39-25-23-37(24-26-39)36-15-5-4-6-16-36/h3-23,25,27-31,33H,24,26,32H2,1-2H3/b13-3-. The van der Waals surface area contributed by atoms with E-state index in [1.807, 2.05) is 0 Å². The van der Waals surface area contributed by atoms with Gasteiger partial charge in [-0.05, 0) is 94.3 Å². The third-order valence-corrected chi connectivity index (χ3v) is 12.5. The number of rotatable bonds is 4. The summed E-state index contributed by atoms with van der Waals surface area (Å²) in [7, 11) is 0. The van der Waals surface area contributed by atoms with Crippen LogP contribution in [0, 0.1) is 0 Å². The molecule has 2 bridgehead atoms. The van der Waals surface area contributed by atoms with Crippen molar-refractivity contribution in [2.24, 2.45) is 0 Å². The lowest BCUT2D eigenvalue weighted by Crippen LogP contribution is -2.36. The molecule has 6 aromatic rings. The number of hydrogen-bond acceptors (Lipinski definition) is 3. The second kappa shape index (κ2) is 13.1. The molecule has 2 heterocycles. The van der Waals surface area contributed by atoms with Crippen molar-refractivity contribution in [3.05, 3.63) is 226 Å². The van der Waals surface area contributed by atoms with Crippen molar-refractivity contribution in [1.82, 2.24) is 9.97 Å². The molecule has 0 radical (unpaired) electrons. The van der Waals surface area contributed by atoms with Crippen LogP contribution in [0.3, 0.4) is 0 Å². The van der Waals surface area contributed by atoms with Crippen LogP contribution in [0.2, 0.25) is 0 Å². The van der Waals surface area contributed by atoms with Gasteiger partial charge in [-0.25, -0.2) is 9.97 Å². The Bertz CT molecular complexity index is 3010. The molecule has 5 aliphatic rings. The molecule has 0 N–H and O–H groups in total. The molecule has 3 heteroatoms. The summed E-state index contributed by atoms with van der Waals surface area (Å²) >= 11 is 0. The number of benzene rings is 5. The second-order valence-electron chi connectivity index (χ2n) is 15.5. The van der Waals surface area contributed by atoms with E-state index >= 15 is 0 Å². The molecular weight excluding hydrogens is 693 g/mol. The normalized spacial score (nSPS) is 19.5. The average molecular weight is 733 g/mol. The molecule has 1 unspecified atom stereocenters. The van der Waals surface area contributed by atoms with Crippen LogP contribution in [0.5, 0.6) is 5.75 Å². The van der Waals surface area contributed by atoms with Crippen molar-refractivity contribution in [3.8, 4) is 17.0 Å². The molecule has 4 aliphatic carbocycles. The maximum Gasteiger partial charge on any atom is 0.156 e. The number of allylic oxidation sites excluding steroid dienone is 17. The van der Waals surface area contributed by atoms with E-state index in [4.69, 9.17) is 14.7 Å². The van der Waals surface area contributed by atoms with Gasteiger partial charge in [0.1, 0.15) is 11.5 Å². The van der Waals surface area contributed by atoms with Gasteiger partial charge in [-0.2, -0.15) is 0 Å². The number of aromatic nitrogens is 2. The van der Waals surface area contributed by atoms with Gasteiger partial charge in [-0.1, -0.05) is 158 Å². The Morgan fingerprint density at radius 1 is 0.684 bits per heavy atom. The Morgan fingerprint density at radius 2 is 1.47 bits per heavy atom. The monoisotopic (exact) mass is 732 g/mol. The minimum absolute atomic E-state index is 0.614. The summed E-state index contributed by atoms with van der Waals surface area (Å²) in [6.45, 7) is 4.45. The van der Waals surface area contributed by atoms with E-state index in [0.717, 1.165) is 69.7 Å². The van der Waals surface area contributed by atoms with Gasteiger partial charge in [0.25, 0.3) is 0 Å². The molecular formula is C54H40N2O. The quantitative estimate of drug-likeness (QED) is 0.181. The first-order chi connectivity index (χ1) is 28.1. The summed E-state index contributed by atoms with van der Waals surface area (Å²) in [5.74, 6) is 2.67. The van der Waals surface area contributed by atoms with Crippen molar-refractivity contribution in [1.29, 1.82) is 0 Å². The number of ether oxygens (including phenoxy) is 1. The fraction of sp³-hybridized carbons (Fsp3) is 0.111. The molecule has 0 amide bonds. The molecule has 0 saturated heterocycles. The van der Waals surface area contributed by atoms with Crippen LogP contribution in [-0.2, 0) is 5.41 Å². The first kappa shape index (κ1) is 33.5. The van der Waals surface area contributed by atoms with Crippen LogP contribution in [0.15, 0.2) is 198 Å². The van der Waals surface area contributed by atoms with Crippen molar-refractivity contribution in [3.63, 3.8) is 0 Å². The van der Waals surface area contributed by atoms with E-state index < -0.39 is 5.41 Å². The maximum atomic E-state index is 7.23. The van der Waals surface area contributed by atoms with Gasteiger partial charge in [0, 0.05) is 33.9 Å². The van der Waals surface area contributed by atoms with Crippen molar-refractivity contribution in [2.45, 2.75) is 38.5 Å². The Morgan fingerprint density at radius 3 is 2.33 bits per heavy atom. The highest BCUT2D eigenvalue weighted by atomic mass is 16.5. The number of para-hydroxylation sites is 1. The topological polar surface area (TPSA) is 35.0 Å². The number of hydrogen-bond donors (Lipinski definition) is 0. The number of fused-ring (bicyclic) bond motifs is 11. The van der Waals surface area contributed by atoms with Gasteiger partial charge in [0.05, 0.1) is 16.6 Å². The molecule has 1 atom stereocenters. The van der Waals surface area contributed by atoms with Crippen LogP contribution in [0.1, 0.15) is 61.2 Å². The highest BCUT2D eigenvalue weighted by Gasteiger charge is 2.53. The van der Waals surface area contributed by atoms with E-state index in [9.17, 15) is 0 Å². The van der Waals surface area contributed by atoms with Crippen LogP contribution in [0.25, 0.3) is 49.7 Å². The lowest BCUT2D eigenvalue weighted by atomic mass is 9.63. The van der Waals surface area contributed by atoms with E-state index in [1.165, 1.54) is 61.1 Å². The van der Waals surface area contributed by atoms with E-state index in [-0.39, 0.29) is 0 Å². The van der Waals surface area contributed by atoms with Crippen molar-refractivity contribution in [2.75, 3.05) is 0 Å². The maximum absolute atomic E-state index is 7.23. The Balaban J connectivity index is 1.17. The second-order valence-corrected chi connectivity index (χ2v) is 15.5. The molecule has 0 saturated carbocycles.